The molecule has 1 unspecified atom stereocenters. The number of nitrogens with one attached hydrogen (secondary N) is 2. The molecule has 0 saturated carbocycles. The number of fused-ring (bicyclic) bond motifs is 3. The molecule has 4 rings (SSSR count). The van der Waals surface area contributed by atoms with E-state index < -0.39 is 0 Å². The summed E-state index contributed by atoms with van der Waals surface area (Å²) in [5, 5.41) is 8.01. The number of amides is 1. The van der Waals surface area contributed by atoms with Gasteiger partial charge in [0.2, 0.25) is 0 Å². The van der Waals surface area contributed by atoms with Crippen molar-refractivity contribution in [2.24, 2.45) is 0 Å². The highest BCUT2D eigenvalue weighted by molar-refractivity contribution is 9.10. The standard InChI is InChI=1S/C17H13BrClN3OS/c1-7-11-13-14(24-17(11)20-8(2)12(7)18)16(23)22-15(21-13)9-5-3-4-6-10(9)19/h3-6,15,21H,1-2H3,(H,22,23). The molecular formula is C17H13BrClN3OS. The highest BCUT2D eigenvalue weighted by Crippen LogP contribution is 2.43. The van der Waals surface area contributed by atoms with Gasteiger partial charge in [0.25, 0.3) is 5.91 Å². The van der Waals surface area contributed by atoms with Gasteiger partial charge in [-0.2, -0.15) is 0 Å². The Morgan fingerprint density at radius 3 is 2.75 bits per heavy atom. The van der Waals surface area contributed by atoms with E-state index in [0.29, 0.717) is 9.90 Å². The Labute approximate surface area is 156 Å². The second kappa shape index (κ2) is 5.72. The normalized spacial score (nSPS) is 16.7. The van der Waals surface area contributed by atoms with Gasteiger partial charge >= 0.3 is 0 Å². The molecule has 1 aliphatic rings. The molecule has 7 heteroatoms. The first kappa shape index (κ1) is 15.9. The van der Waals surface area contributed by atoms with Crippen molar-refractivity contribution >= 4 is 60.7 Å². The van der Waals surface area contributed by atoms with Gasteiger partial charge in [-0.1, -0.05) is 29.8 Å². The summed E-state index contributed by atoms with van der Waals surface area (Å²) in [4.78, 5) is 18.7. The van der Waals surface area contributed by atoms with Crippen LogP contribution in [-0.2, 0) is 0 Å². The van der Waals surface area contributed by atoms with Crippen molar-refractivity contribution in [3.63, 3.8) is 0 Å². The lowest BCUT2D eigenvalue weighted by Gasteiger charge is -2.27. The average Bonchev–Trinajstić information content (AvgIpc) is 2.92. The van der Waals surface area contributed by atoms with E-state index in [-0.39, 0.29) is 12.1 Å². The second-order valence-electron chi connectivity index (χ2n) is 5.69. The summed E-state index contributed by atoms with van der Waals surface area (Å²) in [6, 6.07) is 7.50. The average molecular weight is 423 g/mol. The number of carbonyl (C=O) groups is 1. The van der Waals surface area contributed by atoms with Crippen LogP contribution in [-0.4, -0.2) is 10.9 Å². The molecule has 0 saturated heterocycles. The minimum absolute atomic E-state index is 0.107. The minimum Gasteiger partial charge on any atom is -0.360 e. The van der Waals surface area contributed by atoms with Crippen LogP contribution < -0.4 is 10.6 Å². The SMILES string of the molecule is Cc1nc2sc3c(c2c(C)c1Br)NC(c1ccccc1Cl)NC3=O. The summed E-state index contributed by atoms with van der Waals surface area (Å²) in [6.45, 7) is 3.99. The fourth-order valence-corrected chi connectivity index (χ4v) is 4.65. The van der Waals surface area contributed by atoms with Crippen LogP contribution in [0.4, 0.5) is 5.69 Å². The van der Waals surface area contributed by atoms with Crippen LogP contribution in [0.5, 0.6) is 0 Å². The van der Waals surface area contributed by atoms with E-state index in [4.69, 9.17) is 11.6 Å². The van der Waals surface area contributed by atoms with E-state index in [2.05, 4.69) is 31.5 Å². The summed E-state index contributed by atoms with van der Waals surface area (Å²) in [5.74, 6) is -0.107. The molecule has 2 aromatic heterocycles. The van der Waals surface area contributed by atoms with Gasteiger partial charge in [-0.15, -0.1) is 11.3 Å². The van der Waals surface area contributed by atoms with Crippen molar-refractivity contribution in [2.75, 3.05) is 5.32 Å². The van der Waals surface area contributed by atoms with E-state index >= 15 is 0 Å². The molecule has 3 heterocycles. The lowest BCUT2D eigenvalue weighted by Crippen LogP contribution is -2.37. The number of aryl methyl sites for hydroxylation is 2. The number of pyridine rings is 1. The van der Waals surface area contributed by atoms with Gasteiger partial charge in [0.1, 0.15) is 15.9 Å². The van der Waals surface area contributed by atoms with Crippen LogP contribution in [0.2, 0.25) is 5.02 Å². The van der Waals surface area contributed by atoms with Gasteiger partial charge in [-0.3, -0.25) is 4.79 Å². The van der Waals surface area contributed by atoms with Crippen molar-refractivity contribution in [1.29, 1.82) is 0 Å². The Balaban J connectivity index is 1.91. The zero-order valence-electron chi connectivity index (χ0n) is 12.9. The van der Waals surface area contributed by atoms with Crippen LogP contribution >= 0.6 is 38.9 Å². The number of halogens is 2. The minimum atomic E-state index is -0.365. The quantitative estimate of drug-likeness (QED) is 0.568. The predicted molar refractivity (Wildman–Crippen MR) is 102 cm³/mol. The number of aromatic nitrogens is 1. The number of thiophene rings is 1. The summed E-state index contributed by atoms with van der Waals surface area (Å²) in [6.07, 6.45) is -0.365. The van der Waals surface area contributed by atoms with Crippen LogP contribution in [0.1, 0.15) is 32.7 Å². The van der Waals surface area contributed by atoms with E-state index in [0.717, 1.165) is 37.2 Å². The maximum Gasteiger partial charge on any atom is 0.265 e. The third kappa shape index (κ3) is 2.32. The first-order valence-electron chi connectivity index (χ1n) is 7.38. The maximum absolute atomic E-state index is 12.6. The van der Waals surface area contributed by atoms with Crippen molar-refractivity contribution in [3.8, 4) is 0 Å². The smallest absolute Gasteiger partial charge is 0.265 e. The van der Waals surface area contributed by atoms with Crippen molar-refractivity contribution in [1.82, 2.24) is 10.3 Å². The molecular weight excluding hydrogens is 410 g/mol. The summed E-state index contributed by atoms with van der Waals surface area (Å²) in [7, 11) is 0. The molecule has 0 fully saturated rings. The molecule has 1 atom stereocenters. The summed E-state index contributed by atoms with van der Waals surface area (Å²) >= 11 is 11.3. The number of hydrogen-bond donors (Lipinski definition) is 2. The third-order valence-electron chi connectivity index (χ3n) is 4.17. The Morgan fingerprint density at radius 1 is 1.25 bits per heavy atom. The maximum atomic E-state index is 12.6. The molecule has 0 bridgehead atoms. The molecule has 1 amide bonds. The molecule has 1 aromatic carbocycles. The van der Waals surface area contributed by atoms with Crippen LogP contribution in [0, 0.1) is 13.8 Å². The highest BCUT2D eigenvalue weighted by atomic mass is 79.9. The van der Waals surface area contributed by atoms with Gasteiger partial charge in [0.05, 0.1) is 11.4 Å². The molecule has 0 radical (unpaired) electrons. The number of anilines is 1. The van der Waals surface area contributed by atoms with Crippen LogP contribution in [0.25, 0.3) is 10.2 Å². The first-order chi connectivity index (χ1) is 11.5. The van der Waals surface area contributed by atoms with Crippen LogP contribution in [0.3, 0.4) is 0 Å². The largest absolute Gasteiger partial charge is 0.360 e. The number of benzene rings is 1. The van der Waals surface area contributed by atoms with E-state index in [1.807, 2.05) is 38.1 Å². The first-order valence-corrected chi connectivity index (χ1v) is 9.37. The van der Waals surface area contributed by atoms with Crippen molar-refractivity contribution < 1.29 is 4.79 Å². The molecule has 3 aromatic rings. The Kier molecular flexibility index (Phi) is 3.78. The fourth-order valence-electron chi connectivity index (χ4n) is 2.97. The number of carbonyl (C=O) groups excluding carboxylic acids is 1. The summed E-state index contributed by atoms with van der Waals surface area (Å²) < 4.78 is 0.970. The van der Waals surface area contributed by atoms with E-state index in [1.54, 1.807) is 0 Å². The lowest BCUT2D eigenvalue weighted by molar-refractivity contribution is 0.0940. The predicted octanol–water partition coefficient (Wildman–Crippen LogP) is 5.18. The molecule has 1 aliphatic heterocycles. The van der Waals surface area contributed by atoms with Gasteiger partial charge in [-0.05, 0) is 41.4 Å². The highest BCUT2D eigenvalue weighted by Gasteiger charge is 2.31. The fraction of sp³-hybridized carbons (Fsp3) is 0.176. The van der Waals surface area contributed by atoms with Crippen LogP contribution in [0.15, 0.2) is 28.7 Å². The van der Waals surface area contributed by atoms with Gasteiger partial charge in [-0.25, -0.2) is 4.98 Å². The lowest BCUT2D eigenvalue weighted by atomic mass is 10.1. The summed E-state index contributed by atoms with van der Waals surface area (Å²) in [5.41, 5.74) is 3.67. The Morgan fingerprint density at radius 2 is 2.00 bits per heavy atom. The second-order valence-corrected chi connectivity index (χ2v) is 7.89. The number of hydrogen-bond acceptors (Lipinski definition) is 4. The van der Waals surface area contributed by atoms with Gasteiger partial charge < -0.3 is 10.6 Å². The van der Waals surface area contributed by atoms with E-state index in [9.17, 15) is 4.79 Å². The van der Waals surface area contributed by atoms with Gasteiger partial charge in [0.15, 0.2) is 0 Å². The Hall–Kier alpha value is -1.63. The molecule has 2 N–H and O–H groups in total. The zero-order chi connectivity index (χ0) is 17.0. The zero-order valence-corrected chi connectivity index (χ0v) is 16.1. The van der Waals surface area contributed by atoms with Crippen molar-refractivity contribution in [2.45, 2.75) is 20.0 Å². The molecule has 0 spiro atoms. The Bertz CT molecular complexity index is 1000. The monoisotopic (exact) mass is 421 g/mol. The van der Waals surface area contributed by atoms with Crippen molar-refractivity contribution in [3.05, 3.63) is 55.5 Å². The van der Waals surface area contributed by atoms with E-state index in [1.165, 1.54) is 11.3 Å². The number of nitrogens with zero attached hydrogens (tertiary/aromatic N) is 1. The molecule has 24 heavy (non-hydrogen) atoms. The third-order valence-corrected chi connectivity index (χ3v) is 6.76. The topological polar surface area (TPSA) is 54.0 Å². The van der Waals surface area contributed by atoms with Gasteiger partial charge in [0, 0.05) is 20.4 Å². The number of rotatable bonds is 1. The molecule has 4 nitrogen and oxygen atoms in total. The molecule has 0 aliphatic carbocycles. The molecule has 122 valence electrons.